The topological polar surface area (TPSA) is 58.6 Å². The number of nitrogens with one attached hydrogen (secondary N) is 1. The van der Waals surface area contributed by atoms with Gasteiger partial charge in [0.2, 0.25) is 5.91 Å². The van der Waals surface area contributed by atoms with Crippen molar-refractivity contribution in [2.45, 2.75) is 51.0 Å². The van der Waals surface area contributed by atoms with Gasteiger partial charge in [-0.15, -0.1) is 0 Å². The minimum Gasteiger partial charge on any atom is -0.469 e. The maximum absolute atomic E-state index is 11.9. The molecule has 1 fully saturated rings. The van der Waals surface area contributed by atoms with Crippen LogP contribution in [-0.4, -0.2) is 50.1 Å². The van der Waals surface area contributed by atoms with E-state index in [4.69, 9.17) is 0 Å². The Morgan fingerprint density at radius 2 is 1.84 bits per heavy atom. The van der Waals surface area contributed by atoms with E-state index >= 15 is 0 Å². The molecule has 0 saturated heterocycles. The Labute approximate surface area is 115 Å². The molecule has 1 saturated carbocycles. The van der Waals surface area contributed by atoms with Crippen LogP contribution in [0.15, 0.2) is 0 Å². The molecule has 0 aliphatic heterocycles. The molecule has 0 unspecified atom stereocenters. The average molecular weight is 270 g/mol. The van der Waals surface area contributed by atoms with Gasteiger partial charge in [-0.3, -0.25) is 14.5 Å². The Bertz CT molecular complexity index is 286. The summed E-state index contributed by atoms with van der Waals surface area (Å²) < 4.78 is 4.57. The lowest BCUT2D eigenvalue weighted by atomic mass is 10.1. The molecule has 0 bridgehead atoms. The van der Waals surface area contributed by atoms with Crippen LogP contribution in [0.5, 0.6) is 0 Å². The van der Waals surface area contributed by atoms with Gasteiger partial charge in [0.25, 0.3) is 0 Å². The van der Waals surface area contributed by atoms with Crippen LogP contribution in [0.2, 0.25) is 0 Å². The number of rotatable bonds is 6. The Kier molecular flexibility index (Phi) is 7.48. The normalized spacial score (nSPS) is 17.0. The molecule has 0 radical (unpaired) electrons. The third-order valence-electron chi connectivity index (χ3n) is 3.56. The van der Waals surface area contributed by atoms with Crippen LogP contribution < -0.4 is 5.32 Å². The summed E-state index contributed by atoms with van der Waals surface area (Å²) in [5.41, 5.74) is 0. The van der Waals surface area contributed by atoms with Gasteiger partial charge < -0.3 is 10.1 Å². The molecule has 0 spiro atoms. The van der Waals surface area contributed by atoms with Gasteiger partial charge in [0.1, 0.15) is 0 Å². The van der Waals surface area contributed by atoms with E-state index in [1.807, 2.05) is 11.9 Å². The molecule has 0 atom stereocenters. The zero-order chi connectivity index (χ0) is 14.1. The third-order valence-corrected chi connectivity index (χ3v) is 3.56. The fourth-order valence-electron chi connectivity index (χ4n) is 2.41. The highest BCUT2D eigenvalue weighted by atomic mass is 16.5. The van der Waals surface area contributed by atoms with Gasteiger partial charge in [0.05, 0.1) is 20.1 Å². The summed E-state index contributed by atoms with van der Waals surface area (Å²) in [6.45, 7) is 0.887. The monoisotopic (exact) mass is 270 g/mol. The van der Waals surface area contributed by atoms with E-state index in [1.54, 1.807) is 0 Å². The standard InChI is InChI=1S/C14H26N2O3/c1-16(10-9-14(18)19-2)11-13(17)15-12-7-5-3-4-6-8-12/h12H,3-11H2,1-2H3,(H,15,17). The summed E-state index contributed by atoms with van der Waals surface area (Å²) in [6, 6.07) is 0.337. The van der Waals surface area contributed by atoms with Crippen molar-refractivity contribution in [1.29, 1.82) is 0 Å². The molecular formula is C14H26N2O3. The highest BCUT2D eigenvalue weighted by Gasteiger charge is 2.15. The number of ether oxygens (including phenoxy) is 1. The molecule has 0 heterocycles. The van der Waals surface area contributed by atoms with Gasteiger partial charge in [-0.05, 0) is 19.9 Å². The molecule has 1 aliphatic carbocycles. The number of likely N-dealkylation sites (N-methyl/N-ethyl adjacent to an activating group) is 1. The van der Waals surface area contributed by atoms with Crippen LogP contribution in [0.1, 0.15) is 44.9 Å². The lowest BCUT2D eigenvalue weighted by Gasteiger charge is -2.20. The van der Waals surface area contributed by atoms with Crippen molar-refractivity contribution in [3.8, 4) is 0 Å². The van der Waals surface area contributed by atoms with E-state index in [2.05, 4.69) is 10.1 Å². The first-order valence-electron chi connectivity index (χ1n) is 7.16. The largest absolute Gasteiger partial charge is 0.469 e. The lowest BCUT2D eigenvalue weighted by Crippen LogP contribution is -2.41. The SMILES string of the molecule is COC(=O)CCN(C)CC(=O)NC1CCCCCC1. The second-order valence-corrected chi connectivity index (χ2v) is 5.32. The van der Waals surface area contributed by atoms with Crippen LogP contribution in [0.3, 0.4) is 0 Å². The van der Waals surface area contributed by atoms with Crippen molar-refractivity contribution in [3.05, 3.63) is 0 Å². The molecule has 19 heavy (non-hydrogen) atoms. The predicted octanol–water partition coefficient (Wildman–Crippen LogP) is 1.32. The van der Waals surface area contributed by atoms with Crippen molar-refractivity contribution in [1.82, 2.24) is 10.2 Å². The molecule has 1 rings (SSSR count). The molecule has 5 heteroatoms. The summed E-state index contributed by atoms with van der Waals surface area (Å²) in [6.07, 6.45) is 7.50. The van der Waals surface area contributed by atoms with Gasteiger partial charge in [0.15, 0.2) is 0 Å². The van der Waals surface area contributed by atoms with E-state index in [-0.39, 0.29) is 11.9 Å². The Hall–Kier alpha value is -1.10. The van der Waals surface area contributed by atoms with Gasteiger partial charge in [-0.1, -0.05) is 25.7 Å². The number of nitrogens with zero attached hydrogens (tertiary/aromatic N) is 1. The molecule has 5 nitrogen and oxygen atoms in total. The van der Waals surface area contributed by atoms with Gasteiger partial charge in [0, 0.05) is 12.6 Å². The summed E-state index contributed by atoms with van der Waals surface area (Å²) in [7, 11) is 3.22. The lowest BCUT2D eigenvalue weighted by molar-refractivity contribution is -0.141. The number of carbonyl (C=O) groups is 2. The van der Waals surface area contributed by atoms with Gasteiger partial charge >= 0.3 is 5.97 Å². The van der Waals surface area contributed by atoms with Crippen molar-refractivity contribution in [2.75, 3.05) is 27.2 Å². The Morgan fingerprint density at radius 1 is 1.21 bits per heavy atom. The number of methoxy groups -OCH3 is 1. The summed E-state index contributed by atoms with van der Waals surface area (Å²) in [5.74, 6) is -0.185. The smallest absolute Gasteiger partial charge is 0.306 e. The zero-order valence-electron chi connectivity index (χ0n) is 12.1. The minimum atomic E-state index is -0.240. The van der Waals surface area contributed by atoms with Crippen LogP contribution in [0.25, 0.3) is 0 Å². The molecular weight excluding hydrogens is 244 g/mol. The fourth-order valence-corrected chi connectivity index (χ4v) is 2.41. The Balaban J connectivity index is 2.20. The van der Waals surface area contributed by atoms with Crippen molar-refractivity contribution in [2.24, 2.45) is 0 Å². The molecule has 1 amide bonds. The Morgan fingerprint density at radius 3 is 2.42 bits per heavy atom. The maximum Gasteiger partial charge on any atom is 0.306 e. The van der Waals surface area contributed by atoms with E-state index in [9.17, 15) is 9.59 Å². The van der Waals surface area contributed by atoms with Crippen LogP contribution in [-0.2, 0) is 14.3 Å². The number of hydrogen-bond donors (Lipinski definition) is 1. The van der Waals surface area contributed by atoms with Crippen molar-refractivity contribution in [3.63, 3.8) is 0 Å². The van der Waals surface area contributed by atoms with Crippen LogP contribution >= 0.6 is 0 Å². The van der Waals surface area contributed by atoms with E-state index in [0.29, 0.717) is 25.6 Å². The average Bonchev–Trinajstić information content (AvgIpc) is 2.64. The molecule has 1 N–H and O–H groups in total. The minimum absolute atomic E-state index is 0.0549. The first-order valence-corrected chi connectivity index (χ1v) is 7.16. The van der Waals surface area contributed by atoms with Gasteiger partial charge in [-0.25, -0.2) is 0 Å². The maximum atomic E-state index is 11.9. The summed E-state index contributed by atoms with van der Waals surface area (Å²) in [5, 5.41) is 3.09. The fraction of sp³-hybridized carbons (Fsp3) is 0.857. The number of carbonyl (C=O) groups excluding carboxylic acids is 2. The predicted molar refractivity (Wildman–Crippen MR) is 73.8 cm³/mol. The van der Waals surface area contributed by atoms with E-state index in [0.717, 1.165) is 12.8 Å². The number of hydrogen-bond acceptors (Lipinski definition) is 4. The quantitative estimate of drug-likeness (QED) is 0.584. The number of esters is 1. The molecule has 0 aromatic carbocycles. The highest BCUT2D eigenvalue weighted by Crippen LogP contribution is 2.17. The zero-order valence-corrected chi connectivity index (χ0v) is 12.1. The van der Waals surface area contributed by atoms with Crippen molar-refractivity contribution < 1.29 is 14.3 Å². The first kappa shape index (κ1) is 16.0. The van der Waals surface area contributed by atoms with E-state index in [1.165, 1.54) is 32.8 Å². The third kappa shape index (κ3) is 7.15. The second kappa shape index (κ2) is 8.91. The van der Waals surface area contributed by atoms with E-state index < -0.39 is 0 Å². The molecule has 110 valence electrons. The van der Waals surface area contributed by atoms with Crippen LogP contribution in [0.4, 0.5) is 0 Å². The molecule has 0 aromatic heterocycles. The summed E-state index contributed by atoms with van der Waals surface area (Å²) >= 11 is 0. The van der Waals surface area contributed by atoms with Crippen LogP contribution in [0, 0.1) is 0 Å². The number of amides is 1. The van der Waals surface area contributed by atoms with Gasteiger partial charge in [-0.2, -0.15) is 0 Å². The summed E-state index contributed by atoms with van der Waals surface area (Å²) in [4.78, 5) is 24.7. The first-order chi connectivity index (χ1) is 9.11. The highest BCUT2D eigenvalue weighted by molar-refractivity contribution is 5.78. The second-order valence-electron chi connectivity index (χ2n) is 5.32. The molecule has 1 aliphatic rings. The molecule has 0 aromatic rings. The van der Waals surface area contributed by atoms with Crippen molar-refractivity contribution >= 4 is 11.9 Å².